The van der Waals surface area contributed by atoms with Crippen LogP contribution >= 0.6 is 0 Å². The zero-order valence-corrected chi connectivity index (χ0v) is 10.9. The fraction of sp³-hybridized carbons (Fsp3) is 0.438. The van der Waals surface area contributed by atoms with Crippen LogP contribution in [-0.2, 0) is 4.79 Å². The average molecular weight is 254 g/mol. The molecule has 4 rings (SSSR count). The second-order valence-electron chi connectivity index (χ2n) is 5.75. The standard InChI is InChI=1S/C16H18N2O/c19-16(17-12-5-6-12)14-8-10-18-9-7-11-3-1-2-4-13(11)15(14)18/h1-4,7,12,14H,5-6,8-10H2,(H,17,19). The molecule has 1 aromatic carbocycles. The fourth-order valence-electron chi connectivity index (χ4n) is 3.21. The number of fused-ring (bicyclic) bond motifs is 2. The number of carbonyl (C=O) groups is 1. The van der Waals surface area contributed by atoms with Gasteiger partial charge in [-0.1, -0.05) is 30.3 Å². The van der Waals surface area contributed by atoms with E-state index in [2.05, 4.69) is 40.6 Å². The summed E-state index contributed by atoms with van der Waals surface area (Å²) in [4.78, 5) is 14.8. The molecule has 2 heterocycles. The van der Waals surface area contributed by atoms with Crippen LogP contribution in [0.3, 0.4) is 0 Å². The summed E-state index contributed by atoms with van der Waals surface area (Å²) in [6.45, 7) is 1.95. The summed E-state index contributed by atoms with van der Waals surface area (Å²) < 4.78 is 0. The first kappa shape index (κ1) is 11.1. The molecule has 3 aliphatic rings. The van der Waals surface area contributed by atoms with E-state index in [1.54, 1.807) is 0 Å². The number of amides is 1. The first-order chi connectivity index (χ1) is 9.33. The maximum Gasteiger partial charge on any atom is 0.229 e. The largest absolute Gasteiger partial charge is 0.370 e. The molecular weight excluding hydrogens is 236 g/mol. The van der Waals surface area contributed by atoms with Crippen LogP contribution in [0.25, 0.3) is 11.8 Å². The lowest BCUT2D eigenvalue weighted by atomic mass is 10.00. The van der Waals surface area contributed by atoms with E-state index < -0.39 is 0 Å². The predicted octanol–water partition coefficient (Wildman–Crippen LogP) is 0.189. The molecule has 1 atom stereocenters. The van der Waals surface area contributed by atoms with Crippen LogP contribution in [0.2, 0.25) is 0 Å². The highest BCUT2D eigenvalue weighted by Gasteiger charge is 2.36. The number of rotatable bonds is 2. The van der Waals surface area contributed by atoms with E-state index in [9.17, 15) is 4.79 Å². The van der Waals surface area contributed by atoms with Gasteiger partial charge < -0.3 is 10.2 Å². The van der Waals surface area contributed by atoms with Crippen molar-refractivity contribution in [1.82, 2.24) is 10.2 Å². The molecule has 1 saturated carbocycles. The van der Waals surface area contributed by atoms with Crippen molar-refractivity contribution in [1.29, 1.82) is 0 Å². The third kappa shape index (κ3) is 1.84. The molecule has 1 amide bonds. The number of benzene rings is 1. The van der Waals surface area contributed by atoms with Crippen molar-refractivity contribution in [3.63, 3.8) is 0 Å². The van der Waals surface area contributed by atoms with E-state index in [1.807, 2.05) is 0 Å². The number of nitrogens with zero attached hydrogens (tertiary/aromatic N) is 1. The summed E-state index contributed by atoms with van der Waals surface area (Å²) in [6, 6.07) is 8.88. The van der Waals surface area contributed by atoms with Gasteiger partial charge in [-0.2, -0.15) is 0 Å². The van der Waals surface area contributed by atoms with Gasteiger partial charge in [0.15, 0.2) is 0 Å². The van der Waals surface area contributed by atoms with Gasteiger partial charge in [-0.25, -0.2) is 0 Å². The van der Waals surface area contributed by atoms with Gasteiger partial charge >= 0.3 is 0 Å². The van der Waals surface area contributed by atoms with E-state index in [4.69, 9.17) is 0 Å². The quantitative estimate of drug-likeness (QED) is 0.817. The lowest BCUT2D eigenvalue weighted by Crippen LogP contribution is -2.41. The summed E-state index contributed by atoms with van der Waals surface area (Å²) in [5.74, 6) is 0.284. The number of hydrogen-bond acceptors (Lipinski definition) is 2. The van der Waals surface area contributed by atoms with Gasteiger partial charge in [-0.3, -0.25) is 4.79 Å². The highest BCUT2D eigenvalue weighted by Crippen LogP contribution is 2.30. The van der Waals surface area contributed by atoms with Gasteiger partial charge in [0.25, 0.3) is 0 Å². The van der Waals surface area contributed by atoms with Crippen LogP contribution in [0.1, 0.15) is 19.3 Å². The Morgan fingerprint density at radius 3 is 2.89 bits per heavy atom. The van der Waals surface area contributed by atoms with Crippen molar-refractivity contribution in [2.24, 2.45) is 5.92 Å². The molecule has 1 N–H and O–H groups in total. The minimum Gasteiger partial charge on any atom is -0.370 e. The topological polar surface area (TPSA) is 32.3 Å². The highest BCUT2D eigenvalue weighted by molar-refractivity contribution is 5.89. The van der Waals surface area contributed by atoms with Crippen molar-refractivity contribution >= 4 is 17.7 Å². The fourth-order valence-corrected chi connectivity index (χ4v) is 3.21. The van der Waals surface area contributed by atoms with Gasteiger partial charge in [0, 0.05) is 30.0 Å². The molecule has 0 aromatic heterocycles. The van der Waals surface area contributed by atoms with Gasteiger partial charge in [0.2, 0.25) is 5.91 Å². The van der Waals surface area contributed by atoms with Gasteiger partial charge in [-0.15, -0.1) is 0 Å². The Kier molecular flexibility index (Phi) is 2.40. The Morgan fingerprint density at radius 1 is 1.21 bits per heavy atom. The van der Waals surface area contributed by atoms with Crippen molar-refractivity contribution in [3.8, 4) is 0 Å². The van der Waals surface area contributed by atoms with Gasteiger partial charge in [0.05, 0.1) is 5.92 Å². The summed E-state index contributed by atoms with van der Waals surface area (Å²) in [5.41, 5.74) is 1.25. The molecular formula is C16H18N2O. The second kappa shape index (κ2) is 4.12. The van der Waals surface area contributed by atoms with E-state index in [0.717, 1.165) is 32.4 Å². The smallest absolute Gasteiger partial charge is 0.229 e. The second-order valence-corrected chi connectivity index (χ2v) is 5.75. The number of hydrogen-bond donors (Lipinski definition) is 1. The van der Waals surface area contributed by atoms with E-state index >= 15 is 0 Å². The molecule has 1 aliphatic carbocycles. The Balaban J connectivity index is 1.78. The van der Waals surface area contributed by atoms with E-state index in [-0.39, 0.29) is 11.8 Å². The monoisotopic (exact) mass is 254 g/mol. The normalized spacial score (nSPS) is 24.5. The lowest BCUT2D eigenvalue weighted by molar-refractivity contribution is -0.123. The van der Waals surface area contributed by atoms with Crippen LogP contribution in [0.5, 0.6) is 0 Å². The molecule has 2 aliphatic heterocycles. The SMILES string of the molecule is O=C(NC1CC1)C1CCN2CC=c3ccccc3=C12. The van der Waals surface area contributed by atoms with Crippen LogP contribution < -0.4 is 15.8 Å². The average Bonchev–Trinajstić information content (AvgIpc) is 3.14. The highest BCUT2D eigenvalue weighted by atomic mass is 16.2. The molecule has 3 nitrogen and oxygen atoms in total. The summed E-state index contributed by atoms with van der Waals surface area (Å²) in [7, 11) is 0. The molecule has 0 spiro atoms. The lowest BCUT2D eigenvalue weighted by Gasteiger charge is -2.24. The van der Waals surface area contributed by atoms with Crippen LogP contribution in [0, 0.1) is 5.92 Å². The predicted molar refractivity (Wildman–Crippen MR) is 74.4 cm³/mol. The number of nitrogens with one attached hydrogen (secondary N) is 1. The summed E-state index contributed by atoms with van der Waals surface area (Å²) in [5, 5.41) is 5.69. The first-order valence-corrected chi connectivity index (χ1v) is 7.18. The molecule has 0 bridgehead atoms. The molecule has 19 heavy (non-hydrogen) atoms. The van der Waals surface area contributed by atoms with Gasteiger partial charge in [0.1, 0.15) is 0 Å². The van der Waals surface area contributed by atoms with E-state index in [1.165, 1.54) is 16.1 Å². The molecule has 0 radical (unpaired) electrons. The Morgan fingerprint density at radius 2 is 2.05 bits per heavy atom. The van der Waals surface area contributed by atoms with Crippen molar-refractivity contribution in [2.45, 2.75) is 25.3 Å². The molecule has 1 unspecified atom stereocenters. The molecule has 2 fully saturated rings. The molecule has 3 heteroatoms. The van der Waals surface area contributed by atoms with Crippen molar-refractivity contribution in [3.05, 3.63) is 34.7 Å². The van der Waals surface area contributed by atoms with Crippen LogP contribution in [0.4, 0.5) is 0 Å². The van der Waals surface area contributed by atoms with Gasteiger partial charge in [-0.05, 0) is 24.5 Å². The summed E-state index contributed by atoms with van der Waals surface area (Å²) in [6.07, 6.45) is 5.53. The van der Waals surface area contributed by atoms with Crippen LogP contribution in [-0.4, -0.2) is 29.9 Å². The summed E-state index contributed by atoms with van der Waals surface area (Å²) >= 11 is 0. The Bertz CT molecular complexity index is 645. The Labute approximate surface area is 112 Å². The minimum atomic E-state index is 0.0513. The van der Waals surface area contributed by atoms with Crippen molar-refractivity contribution < 1.29 is 4.79 Å². The zero-order chi connectivity index (χ0) is 12.8. The molecule has 1 saturated heterocycles. The maximum atomic E-state index is 12.4. The zero-order valence-electron chi connectivity index (χ0n) is 10.9. The van der Waals surface area contributed by atoms with E-state index in [0.29, 0.717) is 6.04 Å². The Hall–Kier alpha value is -1.77. The third-order valence-corrected chi connectivity index (χ3v) is 4.37. The number of carbonyl (C=O) groups excluding carboxylic acids is 1. The third-order valence-electron chi connectivity index (χ3n) is 4.37. The maximum absolute atomic E-state index is 12.4. The van der Waals surface area contributed by atoms with Crippen molar-refractivity contribution in [2.75, 3.05) is 13.1 Å². The first-order valence-electron chi connectivity index (χ1n) is 7.18. The molecule has 1 aromatic rings. The molecule has 98 valence electrons. The van der Waals surface area contributed by atoms with Crippen LogP contribution in [0.15, 0.2) is 24.3 Å². The minimum absolute atomic E-state index is 0.0513.